The lowest BCUT2D eigenvalue weighted by Crippen LogP contribution is -2.28. The lowest BCUT2D eigenvalue weighted by molar-refractivity contribution is -0.118. The number of thioether (sulfide) groups is 2. The van der Waals surface area contributed by atoms with Gasteiger partial charge in [0.05, 0.1) is 28.8 Å². The zero-order chi connectivity index (χ0) is 19.2. The summed E-state index contributed by atoms with van der Waals surface area (Å²) in [4.78, 5) is 36.1. The number of carbonyl (C=O) groups is 1. The number of aromatic amines is 1. The number of benzene rings is 1. The van der Waals surface area contributed by atoms with Crippen LogP contribution in [-0.2, 0) is 17.6 Å². The average Bonchev–Trinajstić information content (AvgIpc) is 3.08. The van der Waals surface area contributed by atoms with E-state index >= 15 is 0 Å². The SMILES string of the molecule is Cc1[nH]cnc1CSCCNC(=O)CSc1nc2ccccc2n(C)c1=O. The molecule has 0 saturated carbocycles. The summed E-state index contributed by atoms with van der Waals surface area (Å²) in [6.45, 7) is 2.57. The second-order valence-corrected chi connectivity index (χ2v) is 8.00. The van der Waals surface area contributed by atoms with Crippen LogP contribution in [0.5, 0.6) is 0 Å². The van der Waals surface area contributed by atoms with Gasteiger partial charge in [-0.1, -0.05) is 23.9 Å². The van der Waals surface area contributed by atoms with Crippen molar-refractivity contribution < 1.29 is 4.79 Å². The van der Waals surface area contributed by atoms with Gasteiger partial charge in [0.1, 0.15) is 0 Å². The Morgan fingerprint density at radius 2 is 2.15 bits per heavy atom. The lowest BCUT2D eigenvalue weighted by atomic mass is 10.3. The Labute approximate surface area is 165 Å². The third-order valence-electron chi connectivity index (χ3n) is 4.03. The van der Waals surface area contributed by atoms with Gasteiger partial charge < -0.3 is 14.9 Å². The van der Waals surface area contributed by atoms with Gasteiger partial charge in [0.15, 0.2) is 5.03 Å². The number of imidazole rings is 1. The van der Waals surface area contributed by atoms with Gasteiger partial charge in [0.2, 0.25) is 5.91 Å². The van der Waals surface area contributed by atoms with Crippen molar-refractivity contribution >= 4 is 40.5 Å². The van der Waals surface area contributed by atoms with Crippen LogP contribution in [0, 0.1) is 6.92 Å². The molecule has 142 valence electrons. The predicted molar refractivity (Wildman–Crippen MR) is 110 cm³/mol. The molecule has 0 spiro atoms. The number of aryl methyl sites for hydroxylation is 2. The van der Waals surface area contributed by atoms with Crippen LogP contribution in [-0.4, -0.2) is 43.5 Å². The Kier molecular flexibility index (Phi) is 6.57. The van der Waals surface area contributed by atoms with Gasteiger partial charge in [-0.2, -0.15) is 11.8 Å². The smallest absolute Gasteiger partial charge is 0.283 e. The number of carbonyl (C=O) groups excluding carboxylic acids is 1. The maximum absolute atomic E-state index is 12.4. The molecular formula is C18H21N5O2S2. The van der Waals surface area contributed by atoms with Crippen molar-refractivity contribution in [3.63, 3.8) is 0 Å². The molecule has 3 rings (SSSR count). The Hall–Kier alpha value is -2.26. The molecule has 0 aliphatic heterocycles. The molecule has 0 aliphatic carbocycles. The Morgan fingerprint density at radius 3 is 2.93 bits per heavy atom. The predicted octanol–water partition coefficient (Wildman–Crippen LogP) is 2.11. The summed E-state index contributed by atoms with van der Waals surface area (Å²) in [5, 5.41) is 3.22. The second-order valence-electron chi connectivity index (χ2n) is 5.94. The van der Waals surface area contributed by atoms with Crippen LogP contribution in [0.25, 0.3) is 11.0 Å². The number of amides is 1. The molecule has 1 amide bonds. The number of nitrogens with one attached hydrogen (secondary N) is 2. The highest BCUT2D eigenvalue weighted by Gasteiger charge is 2.11. The summed E-state index contributed by atoms with van der Waals surface area (Å²) in [7, 11) is 1.72. The normalized spacial score (nSPS) is 11.0. The van der Waals surface area contributed by atoms with Gasteiger partial charge in [-0.3, -0.25) is 9.59 Å². The molecule has 7 nitrogen and oxygen atoms in total. The van der Waals surface area contributed by atoms with E-state index in [0.717, 1.165) is 33.9 Å². The summed E-state index contributed by atoms with van der Waals surface area (Å²) in [5.74, 6) is 1.69. The molecule has 0 radical (unpaired) electrons. The lowest BCUT2D eigenvalue weighted by Gasteiger charge is -2.08. The van der Waals surface area contributed by atoms with Crippen molar-refractivity contribution in [3.05, 3.63) is 52.3 Å². The summed E-state index contributed by atoms with van der Waals surface area (Å²) in [5.41, 5.74) is 3.46. The fourth-order valence-electron chi connectivity index (χ4n) is 2.50. The first kappa shape index (κ1) is 19.5. The van der Waals surface area contributed by atoms with E-state index in [-0.39, 0.29) is 17.2 Å². The maximum Gasteiger partial charge on any atom is 0.283 e. The Morgan fingerprint density at radius 1 is 1.33 bits per heavy atom. The van der Waals surface area contributed by atoms with Gasteiger partial charge in [0, 0.05) is 30.8 Å². The van der Waals surface area contributed by atoms with Crippen LogP contribution in [0.4, 0.5) is 0 Å². The molecule has 0 atom stereocenters. The third kappa shape index (κ3) is 4.92. The van der Waals surface area contributed by atoms with Crippen molar-refractivity contribution in [1.29, 1.82) is 0 Å². The number of fused-ring (bicyclic) bond motifs is 1. The first-order valence-corrected chi connectivity index (χ1v) is 10.6. The first-order chi connectivity index (χ1) is 13.1. The van der Waals surface area contributed by atoms with Crippen molar-refractivity contribution in [2.75, 3.05) is 18.1 Å². The molecule has 2 aromatic heterocycles. The number of aromatic nitrogens is 4. The number of rotatable bonds is 8. The summed E-state index contributed by atoms with van der Waals surface area (Å²) >= 11 is 2.89. The van der Waals surface area contributed by atoms with Gasteiger partial charge in [-0.15, -0.1) is 0 Å². The third-order valence-corrected chi connectivity index (χ3v) is 5.95. The standard InChI is InChI=1S/C18H21N5O2S2/c1-12-14(21-11-20-12)9-26-8-7-19-16(24)10-27-17-18(25)23(2)15-6-4-3-5-13(15)22-17/h3-6,11H,7-10H2,1-2H3,(H,19,24)(H,20,21). The number of hydrogen-bond acceptors (Lipinski definition) is 6. The zero-order valence-corrected chi connectivity index (χ0v) is 16.8. The molecule has 2 N–H and O–H groups in total. The summed E-state index contributed by atoms with van der Waals surface area (Å²) in [6.07, 6.45) is 1.69. The van der Waals surface area contributed by atoms with E-state index in [2.05, 4.69) is 20.3 Å². The minimum absolute atomic E-state index is 0.103. The molecule has 27 heavy (non-hydrogen) atoms. The minimum atomic E-state index is -0.184. The van der Waals surface area contributed by atoms with Crippen molar-refractivity contribution in [2.24, 2.45) is 7.05 Å². The number of para-hydroxylation sites is 2. The van der Waals surface area contributed by atoms with E-state index < -0.39 is 0 Å². The molecule has 1 aromatic carbocycles. The monoisotopic (exact) mass is 403 g/mol. The van der Waals surface area contributed by atoms with Crippen LogP contribution < -0.4 is 10.9 Å². The quantitative estimate of drug-likeness (QED) is 0.442. The van der Waals surface area contributed by atoms with Crippen LogP contribution in [0.2, 0.25) is 0 Å². The highest BCUT2D eigenvalue weighted by molar-refractivity contribution is 7.99. The van der Waals surface area contributed by atoms with Gasteiger partial charge in [-0.05, 0) is 19.1 Å². The molecule has 3 aromatic rings. The first-order valence-electron chi connectivity index (χ1n) is 8.48. The zero-order valence-electron chi connectivity index (χ0n) is 15.2. The second kappa shape index (κ2) is 9.09. The van der Waals surface area contributed by atoms with E-state index in [1.165, 1.54) is 11.8 Å². The molecule has 0 aliphatic rings. The average molecular weight is 404 g/mol. The van der Waals surface area contributed by atoms with Gasteiger partial charge in [0.25, 0.3) is 5.56 Å². The van der Waals surface area contributed by atoms with E-state index in [4.69, 9.17) is 0 Å². The van der Waals surface area contributed by atoms with Crippen molar-refractivity contribution in [3.8, 4) is 0 Å². The van der Waals surface area contributed by atoms with Crippen LogP contribution in [0.3, 0.4) is 0 Å². The Balaban J connectivity index is 1.45. The van der Waals surface area contributed by atoms with E-state index in [1.54, 1.807) is 29.7 Å². The fourth-order valence-corrected chi connectivity index (χ4v) is 4.16. The largest absolute Gasteiger partial charge is 0.355 e. The van der Waals surface area contributed by atoms with Crippen LogP contribution in [0.15, 0.2) is 40.4 Å². The summed E-state index contributed by atoms with van der Waals surface area (Å²) < 4.78 is 1.57. The maximum atomic E-state index is 12.4. The highest BCUT2D eigenvalue weighted by Crippen LogP contribution is 2.16. The molecule has 0 saturated heterocycles. The van der Waals surface area contributed by atoms with Crippen molar-refractivity contribution in [1.82, 2.24) is 24.8 Å². The fraction of sp³-hybridized carbons (Fsp3) is 0.333. The van der Waals surface area contributed by atoms with Crippen LogP contribution >= 0.6 is 23.5 Å². The van der Waals surface area contributed by atoms with Gasteiger partial charge >= 0.3 is 0 Å². The van der Waals surface area contributed by atoms with E-state index in [9.17, 15) is 9.59 Å². The molecular weight excluding hydrogens is 382 g/mol. The van der Waals surface area contributed by atoms with E-state index in [1.807, 2.05) is 31.2 Å². The number of hydrogen-bond donors (Lipinski definition) is 2. The van der Waals surface area contributed by atoms with Crippen LogP contribution in [0.1, 0.15) is 11.4 Å². The Bertz CT molecular complexity index is 999. The minimum Gasteiger partial charge on any atom is -0.355 e. The highest BCUT2D eigenvalue weighted by atomic mass is 32.2. The summed E-state index contributed by atoms with van der Waals surface area (Å²) in [6, 6.07) is 7.46. The van der Waals surface area contributed by atoms with Gasteiger partial charge in [-0.25, -0.2) is 9.97 Å². The van der Waals surface area contributed by atoms with E-state index in [0.29, 0.717) is 11.6 Å². The molecule has 9 heteroatoms. The molecule has 0 bridgehead atoms. The molecule has 0 unspecified atom stereocenters. The molecule has 2 heterocycles. The van der Waals surface area contributed by atoms with Crippen molar-refractivity contribution in [2.45, 2.75) is 17.7 Å². The molecule has 0 fully saturated rings. The number of H-pyrrole nitrogens is 1. The topological polar surface area (TPSA) is 92.7 Å². The number of nitrogens with zero attached hydrogens (tertiary/aromatic N) is 3.